The molecule has 0 aromatic heterocycles. The quantitative estimate of drug-likeness (QED) is 0.115. The van der Waals surface area contributed by atoms with E-state index < -0.39 is 17.0 Å². The fourth-order valence-corrected chi connectivity index (χ4v) is 10.2. The van der Waals surface area contributed by atoms with E-state index in [0.717, 1.165) is 28.2 Å². The molecule has 1 rings (SSSR count). The van der Waals surface area contributed by atoms with E-state index in [1.165, 1.54) is 12.1 Å². The molecule has 0 amide bonds. The second-order valence-electron chi connectivity index (χ2n) is 7.48. The molecule has 7 nitrogen and oxygen atoms in total. The van der Waals surface area contributed by atoms with Crippen LogP contribution in [0.4, 0.5) is 11.4 Å². The van der Waals surface area contributed by atoms with Crippen molar-refractivity contribution in [2.45, 2.75) is 52.9 Å². The number of thioether (sulfide) groups is 1. The molecular weight excluding hydrogens is 457 g/mol. The van der Waals surface area contributed by atoms with Crippen LogP contribution in [0, 0.1) is 10.1 Å². The molecule has 1 aromatic rings. The van der Waals surface area contributed by atoms with Crippen LogP contribution >= 0.6 is 24.0 Å². The van der Waals surface area contributed by atoms with Crippen LogP contribution in [0.5, 0.6) is 0 Å². The Bertz CT molecular complexity index is 669. The molecule has 0 N–H and O–H groups in total. The van der Waals surface area contributed by atoms with Gasteiger partial charge in [-0.05, 0) is 39.3 Å². The first-order valence-electron chi connectivity index (χ1n) is 10.2. The van der Waals surface area contributed by atoms with Crippen molar-refractivity contribution in [1.82, 2.24) is 0 Å². The topological polar surface area (TPSA) is 74.1 Å². The summed E-state index contributed by atoms with van der Waals surface area (Å²) in [6.07, 6.45) is 0.872. The Labute approximate surface area is 192 Å². The van der Waals surface area contributed by atoms with E-state index in [4.69, 9.17) is 25.5 Å². The highest BCUT2D eigenvalue weighted by atomic mass is 32.2. The number of hydrogen-bond acceptors (Lipinski definition) is 7. The third-order valence-corrected chi connectivity index (χ3v) is 10.9. The monoisotopic (exact) mass is 490 g/mol. The van der Waals surface area contributed by atoms with Gasteiger partial charge in [-0.3, -0.25) is 10.1 Å². The second-order valence-corrected chi connectivity index (χ2v) is 16.7. The summed E-state index contributed by atoms with van der Waals surface area (Å²) in [6.45, 7) is 14.2. The van der Waals surface area contributed by atoms with Crippen molar-refractivity contribution >= 4 is 56.7 Å². The van der Waals surface area contributed by atoms with Gasteiger partial charge in [0.25, 0.3) is 5.69 Å². The standard InChI is InChI=1S/C19H34N2O5S2Si2/c1-7-24-30(25-8-2,26-9-3)16-10-15-28-19(27)20(29(4,5)6)17-11-13-18(14-12-17)21(22)23/h11-14H,7-10,15-16H2,1-6H3. The van der Waals surface area contributed by atoms with Gasteiger partial charge in [0, 0.05) is 49.4 Å². The van der Waals surface area contributed by atoms with Gasteiger partial charge in [0.15, 0.2) is 8.24 Å². The Morgan fingerprint density at radius 3 is 1.97 bits per heavy atom. The number of anilines is 1. The predicted molar refractivity (Wildman–Crippen MR) is 134 cm³/mol. The first-order chi connectivity index (χ1) is 14.1. The minimum absolute atomic E-state index is 0.0805. The van der Waals surface area contributed by atoms with Crippen molar-refractivity contribution in [3.8, 4) is 0 Å². The lowest BCUT2D eigenvalue weighted by molar-refractivity contribution is -0.384. The van der Waals surface area contributed by atoms with E-state index in [1.54, 1.807) is 23.9 Å². The van der Waals surface area contributed by atoms with E-state index in [-0.39, 0.29) is 10.6 Å². The van der Waals surface area contributed by atoms with Crippen LogP contribution in [0.3, 0.4) is 0 Å². The Kier molecular flexibility index (Phi) is 11.7. The van der Waals surface area contributed by atoms with Gasteiger partial charge in [-0.1, -0.05) is 43.6 Å². The fourth-order valence-electron chi connectivity index (χ4n) is 3.00. The average Bonchev–Trinajstić information content (AvgIpc) is 2.65. The molecule has 0 aliphatic heterocycles. The van der Waals surface area contributed by atoms with Crippen LogP contribution in [-0.2, 0) is 13.3 Å². The van der Waals surface area contributed by atoms with Gasteiger partial charge in [0.05, 0.1) is 4.92 Å². The van der Waals surface area contributed by atoms with Gasteiger partial charge in [0.2, 0.25) is 0 Å². The normalized spacial score (nSPS) is 12.1. The summed E-state index contributed by atoms with van der Waals surface area (Å²) in [7, 11) is -4.47. The van der Waals surface area contributed by atoms with Gasteiger partial charge in [-0.25, -0.2) is 0 Å². The number of thiocarbonyl (C=S) groups is 1. The fraction of sp³-hybridized carbons (Fsp3) is 0.632. The summed E-state index contributed by atoms with van der Waals surface area (Å²) in [4.78, 5) is 10.6. The van der Waals surface area contributed by atoms with Gasteiger partial charge in [0.1, 0.15) is 4.32 Å². The lowest BCUT2D eigenvalue weighted by atomic mass is 10.3. The van der Waals surface area contributed by atoms with Crippen molar-refractivity contribution in [3.05, 3.63) is 34.4 Å². The molecule has 0 radical (unpaired) electrons. The molecule has 0 heterocycles. The number of nitro groups is 1. The summed E-state index contributed by atoms with van der Waals surface area (Å²) < 4.78 is 20.7. The first-order valence-corrected chi connectivity index (χ1v) is 17.0. The number of non-ortho nitro benzene ring substituents is 1. The van der Waals surface area contributed by atoms with E-state index >= 15 is 0 Å². The maximum Gasteiger partial charge on any atom is 0.500 e. The highest BCUT2D eigenvalue weighted by molar-refractivity contribution is 8.23. The van der Waals surface area contributed by atoms with Crippen LogP contribution in [-0.4, -0.2) is 51.9 Å². The largest absolute Gasteiger partial charge is 0.500 e. The predicted octanol–water partition coefficient (Wildman–Crippen LogP) is 5.69. The number of benzene rings is 1. The Hall–Kier alpha value is -0.826. The van der Waals surface area contributed by atoms with Gasteiger partial charge in [-0.15, -0.1) is 0 Å². The number of rotatable bonds is 13. The van der Waals surface area contributed by atoms with Gasteiger partial charge < -0.3 is 17.8 Å². The maximum atomic E-state index is 11.0. The number of nitrogens with zero attached hydrogens (tertiary/aromatic N) is 2. The van der Waals surface area contributed by atoms with Crippen molar-refractivity contribution in [3.63, 3.8) is 0 Å². The van der Waals surface area contributed by atoms with Crippen LogP contribution in [0.15, 0.2) is 24.3 Å². The third kappa shape index (κ3) is 8.37. The van der Waals surface area contributed by atoms with Crippen LogP contribution in [0.25, 0.3) is 0 Å². The smallest absolute Gasteiger partial charge is 0.374 e. The zero-order chi connectivity index (χ0) is 22.8. The van der Waals surface area contributed by atoms with Crippen LogP contribution in [0.1, 0.15) is 27.2 Å². The van der Waals surface area contributed by atoms with Crippen LogP contribution in [0.2, 0.25) is 25.7 Å². The summed E-state index contributed by atoms with van der Waals surface area (Å²) in [5.41, 5.74) is 0.982. The maximum absolute atomic E-state index is 11.0. The van der Waals surface area contributed by atoms with Crippen molar-refractivity contribution in [1.29, 1.82) is 0 Å². The lowest BCUT2D eigenvalue weighted by Gasteiger charge is -2.36. The number of hydrogen-bond donors (Lipinski definition) is 0. The average molecular weight is 491 g/mol. The number of nitro benzene ring substituents is 1. The minimum Gasteiger partial charge on any atom is -0.374 e. The van der Waals surface area contributed by atoms with Crippen molar-refractivity contribution in [2.75, 3.05) is 30.1 Å². The SMILES string of the molecule is CCO[Si](CCCSC(=S)N(c1ccc([N+](=O)[O-])cc1)[Si](C)(C)C)(OCC)OCC. The molecule has 0 aliphatic rings. The Morgan fingerprint density at radius 1 is 1.07 bits per heavy atom. The molecule has 0 saturated heterocycles. The molecule has 0 aliphatic carbocycles. The van der Waals surface area contributed by atoms with E-state index in [2.05, 4.69) is 24.2 Å². The van der Waals surface area contributed by atoms with E-state index in [0.29, 0.717) is 19.8 Å². The Balaban J connectivity index is 2.80. The second kappa shape index (κ2) is 12.9. The van der Waals surface area contributed by atoms with Crippen molar-refractivity contribution in [2.24, 2.45) is 0 Å². The Morgan fingerprint density at radius 2 is 1.57 bits per heavy atom. The summed E-state index contributed by atoms with van der Waals surface area (Å²) in [5.74, 6) is 0.828. The third-order valence-electron chi connectivity index (χ3n) is 4.12. The van der Waals surface area contributed by atoms with Gasteiger partial charge in [-0.2, -0.15) is 0 Å². The summed E-state index contributed by atoms with van der Waals surface area (Å²) in [5, 5.41) is 11.0. The van der Waals surface area contributed by atoms with E-state index in [9.17, 15) is 10.1 Å². The van der Waals surface area contributed by atoms with Crippen molar-refractivity contribution < 1.29 is 18.2 Å². The molecule has 1 aromatic carbocycles. The first kappa shape index (κ1) is 27.2. The van der Waals surface area contributed by atoms with E-state index in [1.807, 2.05) is 20.8 Å². The molecule has 30 heavy (non-hydrogen) atoms. The molecular formula is C19H34N2O5S2Si2. The molecule has 11 heteroatoms. The highest BCUT2D eigenvalue weighted by Gasteiger charge is 2.39. The molecule has 0 unspecified atom stereocenters. The highest BCUT2D eigenvalue weighted by Crippen LogP contribution is 2.29. The molecule has 0 atom stereocenters. The summed E-state index contributed by atoms with van der Waals surface area (Å²) in [6, 6.07) is 7.37. The molecule has 0 spiro atoms. The van der Waals surface area contributed by atoms with Gasteiger partial charge >= 0.3 is 8.80 Å². The summed E-state index contributed by atoms with van der Waals surface area (Å²) >= 11 is 7.38. The zero-order valence-electron chi connectivity index (χ0n) is 18.8. The molecule has 0 fully saturated rings. The molecule has 0 bridgehead atoms. The minimum atomic E-state index is -2.64. The molecule has 0 saturated carbocycles. The molecule has 170 valence electrons. The van der Waals surface area contributed by atoms with Crippen LogP contribution < -0.4 is 4.57 Å². The zero-order valence-corrected chi connectivity index (χ0v) is 22.4. The lowest BCUT2D eigenvalue weighted by Crippen LogP contribution is -2.48.